The van der Waals surface area contributed by atoms with Crippen LogP contribution in [0.15, 0.2) is 0 Å². The zero-order valence-corrected chi connectivity index (χ0v) is 13.0. The average Bonchev–Trinajstić information content (AvgIpc) is 2.21. The predicted octanol–water partition coefficient (Wildman–Crippen LogP) is 1.63. The molecule has 3 N–H and O–H groups in total. The van der Waals surface area contributed by atoms with Gasteiger partial charge in [-0.1, -0.05) is 27.7 Å². The smallest absolute Gasteiger partial charge is 0.308 e. The van der Waals surface area contributed by atoms with Crippen molar-refractivity contribution in [3.8, 4) is 0 Å². The van der Waals surface area contributed by atoms with Gasteiger partial charge in [0.15, 0.2) is 0 Å². The van der Waals surface area contributed by atoms with Gasteiger partial charge >= 0.3 is 5.97 Å². The minimum Gasteiger partial charge on any atom is -0.481 e. The van der Waals surface area contributed by atoms with Gasteiger partial charge in [0.2, 0.25) is 5.91 Å². The van der Waals surface area contributed by atoms with Crippen LogP contribution in [0, 0.1) is 11.3 Å². The normalized spacial score (nSPS) is 14.0. The van der Waals surface area contributed by atoms with Crippen LogP contribution in [0.2, 0.25) is 0 Å². The van der Waals surface area contributed by atoms with Crippen molar-refractivity contribution in [2.24, 2.45) is 11.3 Å². The van der Waals surface area contributed by atoms with E-state index < -0.39 is 17.4 Å². The van der Waals surface area contributed by atoms with Gasteiger partial charge < -0.3 is 15.7 Å². The van der Waals surface area contributed by atoms with E-state index in [1.54, 1.807) is 13.8 Å². The first-order valence-corrected chi connectivity index (χ1v) is 6.75. The highest BCUT2D eigenvalue weighted by atomic mass is 16.4. The average molecular weight is 272 g/mol. The van der Waals surface area contributed by atoms with E-state index in [-0.39, 0.29) is 17.9 Å². The molecule has 0 heterocycles. The van der Waals surface area contributed by atoms with E-state index in [2.05, 4.69) is 10.6 Å². The number of amides is 1. The molecule has 0 aliphatic rings. The molecule has 0 saturated heterocycles. The Morgan fingerprint density at radius 2 is 1.68 bits per heavy atom. The summed E-state index contributed by atoms with van der Waals surface area (Å²) in [6.45, 7) is 12.3. The maximum absolute atomic E-state index is 12.0. The molecule has 0 spiro atoms. The number of aliphatic carboxylic acids is 1. The van der Waals surface area contributed by atoms with Crippen molar-refractivity contribution in [1.82, 2.24) is 10.6 Å². The van der Waals surface area contributed by atoms with Gasteiger partial charge in [0.25, 0.3) is 0 Å². The minimum atomic E-state index is -0.864. The molecule has 0 saturated carbocycles. The number of carboxylic acids is 1. The maximum atomic E-state index is 12.0. The molecule has 0 aliphatic heterocycles. The van der Waals surface area contributed by atoms with Gasteiger partial charge in [-0.15, -0.1) is 0 Å². The van der Waals surface area contributed by atoms with Crippen LogP contribution < -0.4 is 10.6 Å². The standard InChI is InChI=1S/C14H28N2O3/c1-7-16-14(5,6)12(19)15-9-10(11(17)18)8-13(2,3)4/h10,16H,7-9H2,1-6H3,(H,15,19)(H,17,18). The summed E-state index contributed by atoms with van der Waals surface area (Å²) in [6, 6.07) is 0. The second-order valence-electron chi connectivity index (χ2n) is 6.67. The van der Waals surface area contributed by atoms with Crippen LogP contribution in [-0.2, 0) is 9.59 Å². The maximum Gasteiger partial charge on any atom is 0.308 e. The molecular weight excluding hydrogens is 244 g/mol. The predicted molar refractivity (Wildman–Crippen MR) is 76.0 cm³/mol. The van der Waals surface area contributed by atoms with Crippen molar-refractivity contribution in [3.05, 3.63) is 0 Å². The van der Waals surface area contributed by atoms with Gasteiger partial charge in [0.1, 0.15) is 0 Å². The molecule has 19 heavy (non-hydrogen) atoms. The molecule has 0 aromatic rings. The molecule has 1 unspecified atom stereocenters. The highest BCUT2D eigenvalue weighted by Gasteiger charge is 2.29. The lowest BCUT2D eigenvalue weighted by Gasteiger charge is -2.27. The molecule has 112 valence electrons. The van der Waals surface area contributed by atoms with E-state index in [0.717, 1.165) is 0 Å². The first-order chi connectivity index (χ1) is 8.49. The highest BCUT2D eigenvalue weighted by molar-refractivity contribution is 5.85. The van der Waals surface area contributed by atoms with E-state index in [1.807, 2.05) is 27.7 Å². The Labute approximate surface area is 116 Å². The fourth-order valence-electron chi connectivity index (χ4n) is 1.95. The summed E-state index contributed by atoms with van der Waals surface area (Å²) in [7, 11) is 0. The van der Waals surface area contributed by atoms with E-state index >= 15 is 0 Å². The quantitative estimate of drug-likeness (QED) is 0.658. The van der Waals surface area contributed by atoms with E-state index in [0.29, 0.717) is 13.0 Å². The largest absolute Gasteiger partial charge is 0.481 e. The van der Waals surface area contributed by atoms with Gasteiger partial charge in [0.05, 0.1) is 11.5 Å². The molecule has 5 heteroatoms. The van der Waals surface area contributed by atoms with Crippen LogP contribution in [0.25, 0.3) is 0 Å². The summed E-state index contributed by atoms with van der Waals surface area (Å²) in [6.07, 6.45) is 0.532. The number of likely N-dealkylation sites (N-methyl/N-ethyl adjacent to an activating group) is 1. The number of carbonyl (C=O) groups excluding carboxylic acids is 1. The molecule has 0 fully saturated rings. The van der Waals surface area contributed by atoms with Crippen LogP contribution in [-0.4, -0.2) is 35.6 Å². The van der Waals surface area contributed by atoms with Crippen molar-refractivity contribution >= 4 is 11.9 Å². The molecule has 0 radical (unpaired) electrons. The lowest BCUT2D eigenvalue weighted by molar-refractivity contribution is -0.142. The number of hydrogen-bond acceptors (Lipinski definition) is 3. The van der Waals surface area contributed by atoms with Crippen LogP contribution in [0.4, 0.5) is 0 Å². The summed E-state index contributed by atoms with van der Waals surface area (Å²) < 4.78 is 0. The molecular formula is C14H28N2O3. The lowest BCUT2D eigenvalue weighted by atomic mass is 9.84. The van der Waals surface area contributed by atoms with Crippen molar-refractivity contribution in [2.45, 2.75) is 53.5 Å². The molecule has 0 rings (SSSR count). The molecule has 5 nitrogen and oxygen atoms in total. The third-order valence-corrected chi connectivity index (χ3v) is 2.90. The number of carbonyl (C=O) groups is 2. The highest BCUT2D eigenvalue weighted by Crippen LogP contribution is 2.24. The summed E-state index contributed by atoms with van der Waals surface area (Å²) in [5.74, 6) is -1.59. The van der Waals surface area contributed by atoms with Crippen LogP contribution in [0.3, 0.4) is 0 Å². The minimum absolute atomic E-state index is 0.0784. The topological polar surface area (TPSA) is 78.4 Å². The van der Waals surface area contributed by atoms with Crippen LogP contribution >= 0.6 is 0 Å². The Hall–Kier alpha value is -1.10. The first-order valence-electron chi connectivity index (χ1n) is 6.75. The Morgan fingerprint density at radius 3 is 2.05 bits per heavy atom. The first kappa shape index (κ1) is 17.9. The van der Waals surface area contributed by atoms with Gasteiger partial charge in [-0.2, -0.15) is 0 Å². The number of hydrogen-bond donors (Lipinski definition) is 3. The fraction of sp³-hybridized carbons (Fsp3) is 0.857. The second-order valence-corrected chi connectivity index (χ2v) is 6.67. The molecule has 1 amide bonds. The third-order valence-electron chi connectivity index (χ3n) is 2.90. The van der Waals surface area contributed by atoms with Gasteiger partial charge in [-0.3, -0.25) is 9.59 Å². The summed E-state index contributed by atoms with van der Waals surface area (Å²) in [5, 5.41) is 15.0. The van der Waals surface area contributed by atoms with Crippen molar-refractivity contribution < 1.29 is 14.7 Å². The van der Waals surface area contributed by atoms with E-state index in [4.69, 9.17) is 0 Å². The van der Waals surface area contributed by atoms with Crippen LogP contribution in [0.1, 0.15) is 48.0 Å². The molecule has 1 atom stereocenters. The Morgan fingerprint density at radius 1 is 1.16 bits per heavy atom. The third kappa shape index (κ3) is 7.15. The van der Waals surface area contributed by atoms with Crippen molar-refractivity contribution in [2.75, 3.05) is 13.1 Å². The Bertz CT molecular complexity index is 319. The summed E-state index contributed by atoms with van der Waals surface area (Å²) >= 11 is 0. The van der Waals surface area contributed by atoms with Gasteiger partial charge in [-0.25, -0.2) is 0 Å². The SMILES string of the molecule is CCNC(C)(C)C(=O)NCC(CC(C)(C)C)C(=O)O. The van der Waals surface area contributed by atoms with Crippen LogP contribution in [0.5, 0.6) is 0 Å². The Kier molecular flexibility index (Phi) is 6.49. The second kappa shape index (κ2) is 6.89. The number of rotatable bonds is 7. The molecule has 0 bridgehead atoms. The number of carboxylic acid groups (broad SMARTS) is 1. The monoisotopic (exact) mass is 272 g/mol. The Balaban J connectivity index is 4.49. The van der Waals surface area contributed by atoms with Crippen molar-refractivity contribution in [3.63, 3.8) is 0 Å². The van der Waals surface area contributed by atoms with E-state index in [1.165, 1.54) is 0 Å². The fourth-order valence-corrected chi connectivity index (χ4v) is 1.95. The van der Waals surface area contributed by atoms with Gasteiger partial charge in [0, 0.05) is 6.54 Å². The summed E-state index contributed by atoms with van der Waals surface area (Å²) in [4.78, 5) is 23.2. The van der Waals surface area contributed by atoms with Crippen molar-refractivity contribution in [1.29, 1.82) is 0 Å². The van der Waals surface area contributed by atoms with Gasteiger partial charge in [-0.05, 0) is 32.2 Å². The zero-order chi connectivity index (χ0) is 15.3. The lowest BCUT2D eigenvalue weighted by Crippen LogP contribution is -2.53. The zero-order valence-electron chi connectivity index (χ0n) is 13.0. The molecule has 0 aromatic carbocycles. The van der Waals surface area contributed by atoms with E-state index in [9.17, 15) is 14.7 Å². The summed E-state index contributed by atoms with van der Waals surface area (Å²) in [5.41, 5.74) is -0.759. The number of nitrogens with one attached hydrogen (secondary N) is 2. The molecule has 0 aromatic heterocycles. The molecule has 0 aliphatic carbocycles.